The molecule has 0 aromatic carbocycles. The van der Waals surface area contributed by atoms with Crippen LogP contribution in [0.3, 0.4) is 0 Å². The van der Waals surface area contributed by atoms with Gasteiger partial charge in [0.05, 0.1) is 0 Å². The number of imidazole rings is 1. The first kappa shape index (κ1) is 19.9. The largest absolute Gasteiger partial charge is 0.332 e. The van der Waals surface area contributed by atoms with Gasteiger partial charge in [-0.15, -0.1) is 12.4 Å². The number of aromatic nitrogens is 5. The predicted octanol–water partition coefficient (Wildman–Crippen LogP) is 0.403. The summed E-state index contributed by atoms with van der Waals surface area (Å²) in [6.45, 7) is 1.38. The van der Waals surface area contributed by atoms with Crippen molar-refractivity contribution in [3.05, 3.63) is 56.8 Å². The van der Waals surface area contributed by atoms with Gasteiger partial charge in [0.15, 0.2) is 11.2 Å². The van der Waals surface area contributed by atoms with Crippen molar-refractivity contribution in [2.24, 2.45) is 14.1 Å². The minimum atomic E-state index is -0.373. The summed E-state index contributed by atoms with van der Waals surface area (Å²) in [6, 6.07) is 3.84. The van der Waals surface area contributed by atoms with E-state index >= 15 is 0 Å². The third kappa shape index (κ3) is 3.56. The van der Waals surface area contributed by atoms with E-state index in [0.717, 1.165) is 22.5 Å². The molecule has 0 aliphatic rings. The maximum absolute atomic E-state index is 12.7. The monoisotopic (exact) mass is 378 g/mol. The molecule has 0 saturated heterocycles. The molecule has 3 aromatic rings. The lowest BCUT2D eigenvalue weighted by atomic mass is 10.2. The van der Waals surface area contributed by atoms with E-state index in [-0.39, 0.29) is 23.7 Å². The van der Waals surface area contributed by atoms with E-state index in [1.165, 1.54) is 11.6 Å². The number of pyridine rings is 1. The van der Waals surface area contributed by atoms with Crippen molar-refractivity contribution in [1.82, 2.24) is 28.6 Å². The summed E-state index contributed by atoms with van der Waals surface area (Å²) in [5, 5.41) is 0. The summed E-state index contributed by atoms with van der Waals surface area (Å²) in [7, 11) is 7.09. The normalized spacial score (nSPS) is 11.1. The van der Waals surface area contributed by atoms with Crippen LogP contribution in [0.25, 0.3) is 11.2 Å². The Bertz CT molecular complexity index is 1020. The lowest BCUT2D eigenvalue weighted by Gasteiger charge is -2.13. The molecular formula is C17H23ClN6O2. The van der Waals surface area contributed by atoms with Gasteiger partial charge in [-0.2, -0.15) is 0 Å². The zero-order valence-corrected chi connectivity index (χ0v) is 16.2. The molecule has 26 heavy (non-hydrogen) atoms. The average Bonchev–Trinajstić information content (AvgIpc) is 2.95. The second kappa shape index (κ2) is 7.84. The molecule has 0 atom stereocenters. The van der Waals surface area contributed by atoms with Crippen LogP contribution in [0.1, 0.15) is 11.4 Å². The van der Waals surface area contributed by atoms with Gasteiger partial charge >= 0.3 is 5.69 Å². The van der Waals surface area contributed by atoms with Crippen LogP contribution in [0.2, 0.25) is 0 Å². The van der Waals surface area contributed by atoms with E-state index in [1.54, 1.807) is 19.4 Å². The van der Waals surface area contributed by atoms with Crippen LogP contribution < -0.4 is 11.2 Å². The Kier molecular flexibility index (Phi) is 5.99. The third-order valence-electron chi connectivity index (χ3n) is 4.28. The Morgan fingerprint density at radius 1 is 1.15 bits per heavy atom. The van der Waals surface area contributed by atoms with Gasteiger partial charge in [-0.3, -0.25) is 18.9 Å². The Balaban J connectivity index is 0.00000243. The molecule has 3 heterocycles. The first-order valence-electron chi connectivity index (χ1n) is 8.09. The van der Waals surface area contributed by atoms with Crippen LogP contribution in [0, 0.1) is 0 Å². The van der Waals surface area contributed by atoms with Crippen LogP contribution >= 0.6 is 12.4 Å². The number of aryl methyl sites for hydroxylation is 1. The van der Waals surface area contributed by atoms with Crippen LogP contribution in [-0.4, -0.2) is 49.2 Å². The van der Waals surface area contributed by atoms with Gasteiger partial charge in [0, 0.05) is 46.0 Å². The minimum absolute atomic E-state index is 0. The molecule has 0 radical (unpaired) electrons. The summed E-state index contributed by atoms with van der Waals surface area (Å²) in [5.74, 6) is 0.753. The third-order valence-corrected chi connectivity index (χ3v) is 4.28. The fourth-order valence-electron chi connectivity index (χ4n) is 2.85. The van der Waals surface area contributed by atoms with Crippen molar-refractivity contribution in [3.8, 4) is 0 Å². The smallest absolute Gasteiger partial charge is 0.321 e. The van der Waals surface area contributed by atoms with E-state index < -0.39 is 0 Å². The van der Waals surface area contributed by atoms with E-state index in [9.17, 15) is 9.59 Å². The molecule has 0 spiro atoms. The average molecular weight is 379 g/mol. The zero-order valence-electron chi connectivity index (χ0n) is 15.3. The van der Waals surface area contributed by atoms with Crippen molar-refractivity contribution in [1.29, 1.82) is 0 Å². The highest BCUT2D eigenvalue weighted by Gasteiger charge is 2.19. The van der Waals surface area contributed by atoms with E-state index in [4.69, 9.17) is 0 Å². The first-order valence-corrected chi connectivity index (χ1v) is 8.09. The molecule has 140 valence electrons. The molecule has 3 rings (SSSR count). The Hall–Kier alpha value is -2.45. The zero-order chi connectivity index (χ0) is 18.1. The van der Waals surface area contributed by atoms with Crippen molar-refractivity contribution < 1.29 is 0 Å². The van der Waals surface area contributed by atoms with Crippen molar-refractivity contribution in [3.63, 3.8) is 0 Å². The molecule has 0 saturated carbocycles. The van der Waals surface area contributed by atoms with Crippen molar-refractivity contribution in [2.75, 3.05) is 20.6 Å². The fraction of sp³-hybridized carbons (Fsp3) is 0.412. The lowest BCUT2D eigenvalue weighted by molar-refractivity contribution is 0.383. The highest BCUT2D eigenvalue weighted by Crippen LogP contribution is 2.14. The predicted molar refractivity (Wildman–Crippen MR) is 103 cm³/mol. The van der Waals surface area contributed by atoms with Gasteiger partial charge in [0.2, 0.25) is 0 Å². The number of rotatable bonds is 5. The number of hydrogen-bond donors (Lipinski definition) is 0. The molecule has 8 nitrogen and oxygen atoms in total. The SMILES string of the molecule is CN(C)CCn1c(Cc2cccnc2)nc2c1c(=O)n(C)c(=O)n2C.Cl. The highest BCUT2D eigenvalue weighted by molar-refractivity contribution is 5.85. The van der Waals surface area contributed by atoms with Gasteiger partial charge in [-0.1, -0.05) is 6.07 Å². The maximum atomic E-state index is 12.7. The maximum Gasteiger partial charge on any atom is 0.332 e. The van der Waals surface area contributed by atoms with Gasteiger partial charge in [0.1, 0.15) is 5.82 Å². The van der Waals surface area contributed by atoms with Crippen LogP contribution in [0.4, 0.5) is 0 Å². The van der Waals surface area contributed by atoms with E-state index in [1.807, 2.05) is 35.7 Å². The second-order valence-electron chi connectivity index (χ2n) is 6.40. The number of fused-ring (bicyclic) bond motifs is 1. The summed E-state index contributed by atoms with van der Waals surface area (Å²) < 4.78 is 4.48. The first-order chi connectivity index (χ1) is 11.9. The molecule has 0 N–H and O–H groups in total. The second-order valence-corrected chi connectivity index (χ2v) is 6.40. The van der Waals surface area contributed by atoms with Gasteiger partial charge in [-0.05, 0) is 25.7 Å². The van der Waals surface area contributed by atoms with E-state index in [0.29, 0.717) is 24.1 Å². The number of nitrogens with zero attached hydrogens (tertiary/aromatic N) is 6. The van der Waals surface area contributed by atoms with Crippen LogP contribution in [-0.2, 0) is 27.1 Å². The summed E-state index contributed by atoms with van der Waals surface area (Å²) >= 11 is 0. The molecule has 0 aliphatic carbocycles. The van der Waals surface area contributed by atoms with Crippen LogP contribution in [0.5, 0.6) is 0 Å². The Morgan fingerprint density at radius 3 is 2.50 bits per heavy atom. The highest BCUT2D eigenvalue weighted by atomic mass is 35.5. The summed E-state index contributed by atoms with van der Waals surface area (Å²) in [5.41, 5.74) is 1.20. The van der Waals surface area contributed by atoms with Gasteiger partial charge in [0.25, 0.3) is 5.56 Å². The standard InChI is InChI=1S/C17H22N6O2.ClH/c1-20(2)8-9-23-13(10-12-6-5-7-18-11-12)19-15-14(23)16(24)22(4)17(25)21(15)3;/h5-7,11H,8-10H2,1-4H3;1H. The summed E-state index contributed by atoms with van der Waals surface area (Å²) in [4.78, 5) is 35.7. The molecule has 0 unspecified atom stereocenters. The molecule has 0 aliphatic heterocycles. The Labute approximate surface area is 157 Å². The Morgan fingerprint density at radius 2 is 1.88 bits per heavy atom. The quantitative estimate of drug-likeness (QED) is 0.642. The number of likely N-dealkylation sites (N-methyl/N-ethyl adjacent to an activating group) is 1. The van der Waals surface area contributed by atoms with Crippen molar-refractivity contribution >= 4 is 23.6 Å². The molecular weight excluding hydrogens is 356 g/mol. The molecule has 9 heteroatoms. The topological polar surface area (TPSA) is 78.0 Å². The number of hydrogen-bond acceptors (Lipinski definition) is 5. The van der Waals surface area contributed by atoms with Crippen LogP contribution in [0.15, 0.2) is 34.1 Å². The van der Waals surface area contributed by atoms with E-state index in [2.05, 4.69) is 9.97 Å². The molecule has 3 aromatic heterocycles. The molecule has 0 amide bonds. The molecule has 0 fully saturated rings. The number of halogens is 1. The lowest BCUT2D eigenvalue weighted by Crippen LogP contribution is -2.37. The minimum Gasteiger partial charge on any atom is -0.321 e. The van der Waals surface area contributed by atoms with Gasteiger partial charge < -0.3 is 9.47 Å². The van der Waals surface area contributed by atoms with Gasteiger partial charge in [-0.25, -0.2) is 9.78 Å². The molecule has 0 bridgehead atoms. The van der Waals surface area contributed by atoms with Crippen molar-refractivity contribution in [2.45, 2.75) is 13.0 Å². The fourth-order valence-corrected chi connectivity index (χ4v) is 2.85. The summed E-state index contributed by atoms with van der Waals surface area (Å²) in [6.07, 6.45) is 4.05.